The molecule has 1 amide bonds. The van der Waals surface area contributed by atoms with E-state index in [4.69, 9.17) is 0 Å². The fraction of sp³-hybridized carbons (Fsp3) is 0.562. The van der Waals surface area contributed by atoms with Crippen LogP contribution in [0.2, 0.25) is 0 Å². The summed E-state index contributed by atoms with van der Waals surface area (Å²) >= 11 is 0. The van der Waals surface area contributed by atoms with Crippen molar-refractivity contribution >= 4 is 11.6 Å². The molecule has 0 atom stereocenters. The maximum absolute atomic E-state index is 12.4. The molecular formula is C16H20F3NO2. The van der Waals surface area contributed by atoms with E-state index in [1.807, 2.05) is 0 Å². The molecule has 1 aliphatic rings. The zero-order valence-corrected chi connectivity index (χ0v) is 12.2. The van der Waals surface area contributed by atoms with Crippen LogP contribution in [0.4, 0.5) is 18.9 Å². The summed E-state index contributed by atoms with van der Waals surface area (Å²) in [5.74, 6) is -0.367. The monoisotopic (exact) mass is 315 g/mol. The van der Waals surface area contributed by atoms with Crippen LogP contribution in [0.3, 0.4) is 0 Å². The lowest BCUT2D eigenvalue weighted by Gasteiger charge is -2.31. The van der Waals surface area contributed by atoms with Gasteiger partial charge in [0.15, 0.2) is 0 Å². The molecule has 2 N–H and O–H groups in total. The Morgan fingerprint density at radius 2 is 1.91 bits per heavy atom. The molecule has 1 aromatic rings. The van der Waals surface area contributed by atoms with Crippen molar-refractivity contribution in [3.63, 3.8) is 0 Å². The number of hydrogen-bond acceptors (Lipinski definition) is 2. The third-order valence-electron chi connectivity index (χ3n) is 3.89. The quantitative estimate of drug-likeness (QED) is 0.887. The first-order valence-corrected chi connectivity index (χ1v) is 7.44. The molecule has 0 aliphatic heterocycles. The molecule has 122 valence electrons. The Morgan fingerprint density at radius 3 is 2.55 bits per heavy atom. The van der Waals surface area contributed by atoms with Crippen LogP contribution in [0.1, 0.15) is 44.1 Å². The lowest BCUT2D eigenvalue weighted by molar-refractivity contribution is -0.127. The number of hydrogen-bond donors (Lipinski definition) is 2. The van der Waals surface area contributed by atoms with E-state index < -0.39 is 18.2 Å². The van der Waals surface area contributed by atoms with E-state index >= 15 is 0 Å². The maximum atomic E-state index is 12.4. The van der Waals surface area contributed by atoms with Gasteiger partial charge >= 0.3 is 6.18 Å². The first-order valence-electron chi connectivity index (χ1n) is 7.44. The Hall–Kier alpha value is -1.56. The smallest absolute Gasteiger partial charge is 0.389 e. The average molecular weight is 315 g/mol. The van der Waals surface area contributed by atoms with Gasteiger partial charge in [0.25, 0.3) is 0 Å². The zero-order chi connectivity index (χ0) is 16.2. The number of nitrogens with one attached hydrogen (secondary N) is 1. The summed E-state index contributed by atoms with van der Waals surface area (Å²) in [5.41, 5.74) is -0.556. The summed E-state index contributed by atoms with van der Waals surface area (Å²) < 4.78 is 37.1. The lowest BCUT2D eigenvalue weighted by Crippen LogP contribution is -2.35. The third-order valence-corrected chi connectivity index (χ3v) is 3.89. The van der Waals surface area contributed by atoms with E-state index in [0.717, 1.165) is 19.3 Å². The van der Waals surface area contributed by atoms with Gasteiger partial charge < -0.3 is 10.4 Å². The molecule has 0 bridgehead atoms. The van der Waals surface area contributed by atoms with Gasteiger partial charge in [0, 0.05) is 5.69 Å². The van der Waals surface area contributed by atoms with Gasteiger partial charge in [0.05, 0.1) is 18.4 Å². The Labute approximate surface area is 127 Å². The van der Waals surface area contributed by atoms with Crippen LogP contribution in [0, 0.1) is 0 Å². The first-order chi connectivity index (χ1) is 10.3. The second-order valence-corrected chi connectivity index (χ2v) is 6.00. The van der Waals surface area contributed by atoms with Crippen molar-refractivity contribution in [2.45, 2.75) is 56.7 Å². The molecule has 0 heterocycles. The van der Waals surface area contributed by atoms with Gasteiger partial charge in [-0.15, -0.1) is 0 Å². The molecule has 1 aromatic carbocycles. The highest BCUT2D eigenvalue weighted by molar-refractivity contribution is 5.91. The van der Waals surface area contributed by atoms with E-state index in [0.29, 0.717) is 18.5 Å². The molecule has 6 heteroatoms. The second kappa shape index (κ2) is 6.69. The van der Waals surface area contributed by atoms with Gasteiger partial charge in [-0.25, -0.2) is 0 Å². The summed E-state index contributed by atoms with van der Waals surface area (Å²) in [5, 5.41) is 12.9. The van der Waals surface area contributed by atoms with Crippen molar-refractivity contribution in [1.29, 1.82) is 0 Å². The lowest BCUT2D eigenvalue weighted by atomic mass is 9.82. The summed E-state index contributed by atoms with van der Waals surface area (Å²) in [4.78, 5) is 12.0. The molecular weight excluding hydrogens is 295 g/mol. The number of anilines is 1. The average Bonchev–Trinajstić information content (AvgIpc) is 2.36. The molecule has 0 unspecified atom stereocenters. The van der Waals surface area contributed by atoms with Gasteiger partial charge in [0.2, 0.25) is 5.91 Å². The predicted molar refractivity (Wildman–Crippen MR) is 77.5 cm³/mol. The van der Waals surface area contributed by atoms with Crippen molar-refractivity contribution in [1.82, 2.24) is 0 Å². The largest absolute Gasteiger partial charge is 0.393 e. The fourth-order valence-corrected chi connectivity index (χ4v) is 2.88. The number of rotatable bonds is 4. The summed E-state index contributed by atoms with van der Waals surface area (Å²) in [6, 6.07) is 5.71. The van der Waals surface area contributed by atoms with Crippen LogP contribution in [0.5, 0.6) is 0 Å². The van der Waals surface area contributed by atoms with Crippen molar-refractivity contribution in [2.24, 2.45) is 0 Å². The molecule has 1 saturated carbocycles. The Kier molecular flexibility index (Phi) is 5.11. The maximum Gasteiger partial charge on any atom is 0.393 e. The first kappa shape index (κ1) is 16.8. The zero-order valence-electron chi connectivity index (χ0n) is 12.2. The molecule has 22 heavy (non-hydrogen) atoms. The molecule has 1 aliphatic carbocycles. The minimum Gasteiger partial charge on any atom is -0.389 e. The predicted octanol–water partition coefficient (Wildman–Crippen LogP) is 3.82. The number of carbonyl (C=O) groups excluding carboxylic acids is 1. The van der Waals surface area contributed by atoms with Crippen LogP contribution >= 0.6 is 0 Å². The third kappa shape index (κ3) is 5.33. The fourth-order valence-electron chi connectivity index (χ4n) is 2.88. The van der Waals surface area contributed by atoms with Gasteiger partial charge in [-0.1, -0.05) is 31.4 Å². The minimum atomic E-state index is -4.28. The SMILES string of the molecule is O=C(CC1(O)CCCCC1)Nc1cccc(CC(F)(F)F)c1. The van der Waals surface area contributed by atoms with Gasteiger partial charge in [0.1, 0.15) is 0 Å². The molecule has 3 nitrogen and oxygen atoms in total. The number of halogens is 3. The standard InChI is InChI=1S/C16H20F3NO2/c17-16(18,19)10-12-5-4-6-13(9-12)20-14(21)11-15(22)7-2-1-3-8-15/h4-6,9,22H,1-3,7-8,10-11H2,(H,20,21). The van der Waals surface area contributed by atoms with Crippen LogP contribution in [-0.4, -0.2) is 22.8 Å². The second-order valence-electron chi connectivity index (χ2n) is 6.00. The Bertz CT molecular complexity index is 522. The van der Waals surface area contributed by atoms with Crippen LogP contribution in [0.15, 0.2) is 24.3 Å². The van der Waals surface area contributed by atoms with Crippen molar-refractivity contribution in [3.8, 4) is 0 Å². The van der Waals surface area contributed by atoms with E-state index in [1.165, 1.54) is 18.2 Å². The summed E-state index contributed by atoms with van der Waals surface area (Å²) in [6.07, 6.45) is -1.29. The highest BCUT2D eigenvalue weighted by atomic mass is 19.4. The van der Waals surface area contributed by atoms with Crippen LogP contribution in [0.25, 0.3) is 0 Å². The summed E-state index contributed by atoms with van der Waals surface area (Å²) in [6.45, 7) is 0. The van der Waals surface area contributed by atoms with Crippen LogP contribution < -0.4 is 5.32 Å². The molecule has 0 spiro atoms. The van der Waals surface area contributed by atoms with E-state index in [9.17, 15) is 23.1 Å². The van der Waals surface area contributed by atoms with E-state index in [2.05, 4.69) is 5.32 Å². The van der Waals surface area contributed by atoms with Gasteiger partial charge in [-0.3, -0.25) is 4.79 Å². The van der Waals surface area contributed by atoms with E-state index in [1.54, 1.807) is 6.07 Å². The van der Waals surface area contributed by atoms with Crippen molar-refractivity contribution < 1.29 is 23.1 Å². The molecule has 0 saturated heterocycles. The number of benzene rings is 1. The number of carbonyl (C=O) groups is 1. The Morgan fingerprint density at radius 1 is 1.23 bits per heavy atom. The summed E-state index contributed by atoms with van der Waals surface area (Å²) in [7, 11) is 0. The molecule has 2 rings (SSSR count). The number of aliphatic hydroxyl groups is 1. The molecule has 1 fully saturated rings. The molecule has 0 radical (unpaired) electrons. The minimum absolute atomic E-state index is 0.0174. The van der Waals surface area contributed by atoms with E-state index in [-0.39, 0.29) is 17.9 Å². The topological polar surface area (TPSA) is 49.3 Å². The van der Waals surface area contributed by atoms with Crippen molar-refractivity contribution in [2.75, 3.05) is 5.32 Å². The highest BCUT2D eigenvalue weighted by Gasteiger charge is 2.32. The number of alkyl halides is 3. The number of amides is 1. The van der Waals surface area contributed by atoms with Gasteiger partial charge in [-0.05, 0) is 30.5 Å². The van der Waals surface area contributed by atoms with Crippen molar-refractivity contribution in [3.05, 3.63) is 29.8 Å². The van der Waals surface area contributed by atoms with Gasteiger partial charge in [-0.2, -0.15) is 13.2 Å². The highest BCUT2D eigenvalue weighted by Crippen LogP contribution is 2.31. The van der Waals surface area contributed by atoms with Crippen LogP contribution in [-0.2, 0) is 11.2 Å². The molecule has 0 aromatic heterocycles. The normalized spacial score (nSPS) is 18.0. The Balaban J connectivity index is 1.95.